The summed E-state index contributed by atoms with van der Waals surface area (Å²) in [6.07, 6.45) is 1.27. The average Bonchev–Trinajstić information content (AvgIpc) is 3.33. The zero-order valence-corrected chi connectivity index (χ0v) is 22.6. The van der Waals surface area contributed by atoms with Gasteiger partial charge in [0.2, 0.25) is 5.91 Å². The first-order chi connectivity index (χ1) is 17.8. The number of aliphatic carboxylic acids is 1. The van der Waals surface area contributed by atoms with E-state index in [1.54, 1.807) is 12.1 Å². The van der Waals surface area contributed by atoms with Crippen molar-refractivity contribution in [1.29, 1.82) is 0 Å². The van der Waals surface area contributed by atoms with E-state index in [-0.39, 0.29) is 31.6 Å². The highest BCUT2D eigenvalue weighted by Gasteiger charge is 2.28. The molecule has 1 saturated heterocycles. The maximum absolute atomic E-state index is 13.2. The second kappa shape index (κ2) is 15.3. The van der Waals surface area contributed by atoms with Crippen LogP contribution in [-0.2, 0) is 25.5 Å². The SMILES string of the molecule is CN(C(=O)Cc1ccc(Cl)c(Cl)c1)C(CN1CCC(NCCOCCOCC(=O)O)C1)c1ccccc1. The summed E-state index contributed by atoms with van der Waals surface area (Å²) in [6.45, 7) is 4.14. The van der Waals surface area contributed by atoms with Crippen molar-refractivity contribution < 1.29 is 24.2 Å². The summed E-state index contributed by atoms with van der Waals surface area (Å²) in [5.74, 6) is -0.963. The van der Waals surface area contributed by atoms with Crippen molar-refractivity contribution in [3.8, 4) is 0 Å². The molecule has 0 aliphatic carbocycles. The normalized spacial score (nSPS) is 16.6. The molecular formula is C27H35Cl2N3O5. The molecule has 2 aromatic rings. The highest BCUT2D eigenvalue weighted by Crippen LogP contribution is 2.26. The minimum atomic E-state index is -0.982. The number of likely N-dealkylation sites (tertiary alicyclic amines) is 1. The van der Waals surface area contributed by atoms with Gasteiger partial charge in [0.15, 0.2) is 0 Å². The third-order valence-electron chi connectivity index (χ3n) is 6.37. The smallest absolute Gasteiger partial charge is 0.329 e. The number of carboxylic acid groups (broad SMARTS) is 1. The molecule has 202 valence electrons. The predicted octanol–water partition coefficient (Wildman–Crippen LogP) is 3.52. The van der Waals surface area contributed by atoms with Gasteiger partial charge in [0.25, 0.3) is 0 Å². The molecule has 0 spiro atoms. The van der Waals surface area contributed by atoms with Crippen molar-refractivity contribution in [3.63, 3.8) is 0 Å². The second-order valence-electron chi connectivity index (χ2n) is 9.11. The van der Waals surface area contributed by atoms with Crippen molar-refractivity contribution in [3.05, 3.63) is 69.7 Å². The topological polar surface area (TPSA) is 91.3 Å². The Labute approximate surface area is 228 Å². The Hall–Kier alpha value is -2.20. The summed E-state index contributed by atoms with van der Waals surface area (Å²) in [5.41, 5.74) is 1.93. The van der Waals surface area contributed by atoms with Crippen LogP contribution in [-0.4, -0.2) is 92.5 Å². The first-order valence-corrected chi connectivity index (χ1v) is 13.2. The zero-order valence-electron chi connectivity index (χ0n) is 21.1. The maximum Gasteiger partial charge on any atom is 0.329 e. The monoisotopic (exact) mass is 551 g/mol. The van der Waals surface area contributed by atoms with E-state index in [4.69, 9.17) is 37.8 Å². The molecule has 37 heavy (non-hydrogen) atoms. The van der Waals surface area contributed by atoms with Crippen LogP contribution in [0.1, 0.15) is 23.6 Å². The zero-order chi connectivity index (χ0) is 26.6. The number of nitrogens with zero attached hydrogens (tertiary/aromatic N) is 2. The van der Waals surface area contributed by atoms with Crippen LogP contribution < -0.4 is 5.32 Å². The van der Waals surface area contributed by atoms with Crippen molar-refractivity contribution in [2.45, 2.75) is 24.9 Å². The van der Waals surface area contributed by atoms with Crippen LogP contribution in [0.15, 0.2) is 48.5 Å². The standard InChI is InChI=1S/C27H35Cl2N3O5/c1-31(26(33)16-20-7-8-23(28)24(29)15-20)25(21-5-3-2-4-6-21)18-32-11-9-22(17-32)30-10-12-36-13-14-37-19-27(34)35/h2-8,15,22,25,30H,9-14,16-19H2,1H3,(H,34,35). The van der Waals surface area contributed by atoms with E-state index >= 15 is 0 Å². The molecular weight excluding hydrogens is 517 g/mol. The highest BCUT2D eigenvalue weighted by atomic mass is 35.5. The summed E-state index contributed by atoms with van der Waals surface area (Å²) in [7, 11) is 1.86. The number of ether oxygens (including phenoxy) is 2. The van der Waals surface area contributed by atoms with Crippen molar-refractivity contribution in [1.82, 2.24) is 15.1 Å². The number of nitrogens with one attached hydrogen (secondary N) is 1. The number of rotatable bonds is 15. The lowest BCUT2D eigenvalue weighted by Crippen LogP contribution is -2.41. The number of carbonyl (C=O) groups is 2. The molecule has 2 aromatic carbocycles. The molecule has 0 radical (unpaired) electrons. The quantitative estimate of drug-likeness (QED) is 0.327. The molecule has 2 atom stereocenters. The first kappa shape index (κ1) is 29.4. The van der Waals surface area contributed by atoms with E-state index in [1.807, 2.05) is 36.2 Å². The summed E-state index contributed by atoms with van der Waals surface area (Å²) in [6, 6.07) is 15.7. The molecule has 10 heteroatoms. The van der Waals surface area contributed by atoms with Gasteiger partial charge < -0.3 is 24.8 Å². The van der Waals surface area contributed by atoms with Crippen LogP contribution in [0, 0.1) is 0 Å². The van der Waals surface area contributed by atoms with Gasteiger partial charge >= 0.3 is 5.97 Å². The van der Waals surface area contributed by atoms with E-state index < -0.39 is 5.97 Å². The number of carboxylic acids is 1. The molecule has 2 unspecified atom stereocenters. The molecule has 3 rings (SSSR count). The fraction of sp³-hybridized carbons (Fsp3) is 0.481. The van der Waals surface area contributed by atoms with Crippen molar-refractivity contribution in [2.75, 3.05) is 59.7 Å². The van der Waals surface area contributed by atoms with Crippen molar-refractivity contribution in [2.24, 2.45) is 0 Å². The molecule has 1 heterocycles. The Morgan fingerprint density at radius 3 is 2.59 bits per heavy atom. The van der Waals surface area contributed by atoms with Gasteiger partial charge in [0.05, 0.1) is 42.3 Å². The predicted molar refractivity (Wildman–Crippen MR) is 144 cm³/mol. The van der Waals surface area contributed by atoms with E-state index in [0.717, 1.165) is 37.2 Å². The number of amides is 1. The largest absolute Gasteiger partial charge is 0.480 e. The summed E-state index contributed by atoms with van der Waals surface area (Å²) >= 11 is 12.2. The van der Waals surface area contributed by atoms with Crippen LogP contribution >= 0.6 is 23.2 Å². The van der Waals surface area contributed by atoms with Crippen LogP contribution in [0.25, 0.3) is 0 Å². The summed E-state index contributed by atoms with van der Waals surface area (Å²) in [5, 5.41) is 13.0. The second-order valence-corrected chi connectivity index (χ2v) is 9.93. The van der Waals surface area contributed by atoms with Crippen LogP contribution in [0.2, 0.25) is 10.0 Å². The van der Waals surface area contributed by atoms with Crippen LogP contribution in [0.5, 0.6) is 0 Å². The molecule has 1 aliphatic heterocycles. The minimum Gasteiger partial charge on any atom is -0.480 e. The lowest BCUT2D eigenvalue weighted by Gasteiger charge is -2.32. The third-order valence-corrected chi connectivity index (χ3v) is 7.10. The van der Waals surface area contributed by atoms with Gasteiger partial charge in [-0.25, -0.2) is 4.79 Å². The van der Waals surface area contributed by atoms with Crippen molar-refractivity contribution >= 4 is 35.1 Å². The molecule has 2 N–H and O–H groups in total. The number of hydrogen-bond acceptors (Lipinski definition) is 6. The van der Waals surface area contributed by atoms with Gasteiger partial charge in [-0.1, -0.05) is 59.6 Å². The van der Waals surface area contributed by atoms with E-state index in [2.05, 4.69) is 22.3 Å². The number of likely N-dealkylation sites (N-methyl/N-ethyl adjacent to an activating group) is 1. The fourth-order valence-corrected chi connectivity index (χ4v) is 4.69. The maximum atomic E-state index is 13.2. The van der Waals surface area contributed by atoms with Gasteiger partial charge in [-0.3, -0.25) is 9.69 Å². The Morgan fingerprint density at radius 2 is 1.86 bits per heavy atom. The van der Waals surface area contributed by atoms with Gasteiger partial charge in [-0.2, -0.15) is 0 Å². The Bertz CT molecular complexity index is 1010. The van der Waals surface area contributed by atoms with E-state index in [0.29, 0.717) is 35.8 Å². The number of halogens is 2. The molecule has 0 saturated carbocycles. The van der Waals surface area contributed by atoms with Gasteiger partial charge in [0, 0.05) is 32.7 Å². The highest BCUT2D eigenvalue weighted by molar-refractivity contribution is 6.42. The lowest BCUT2D eigenvalue weighted by molar-refractivity contribution is -0.142. The van der Waals surface area contributed by atoms with E-state index in [1.165, 1.54) is 0 Å². The van der Waals surface area contributed by atoms with Gasteiger partial charge in [-0.15, -0.1) is 0 Å². The minimum absolute atomic E-state index is 0.0191. The first-order valence-electron chi connectivity index (χ1n) is 12.4. The molecule has 0 aromatic heterocycles. The van der Waals surface area contributed by atoms with Gasteiger partial charge in [0.1, 0.15) is 6.61 Å². The number of benzene rings is 2. The van der Waals surface area contributed by atoms with E-state index in [9.17, 15) is 9.59 Å². The lowest BCUT2D eigenvalue weighted by atomic mass is 10.0. The Morgan fingerprint density at radius 1 is 1.11 bits per heavy atom. The summed E-state index contributed by atoms with van der Waals surface area (Å²) < 4.78 is 10.4. The third kappa shape index (κ3) is 9.89. The molecule has 1 fully saturated rings. The van der Waals surface area contributed by atoms with Crippen LogP contribution in [0.3, 0.4) is 0 Å². The fourth-order valence-electron chi connectivity index (χ4n) is 4.37. The van der Waals surface area contributed by atoms with Gasteiger partial charge in [-0.05, 0) is 36.2 Å². The molecule has 1 aliphatic rings. The van der Waals surface area contributed by atoms with Crippen LogP contribution in [0.4, 0.5) is 0 Å². The Balaban J connectivity index is 1.48. The molecule has 0 bridgehead atoms. The molecule has 1 amide bonds. The summed E-state index contributed by atoms with van der Waals surface area (Å²) in [4.78, 5) is 27.9. The number of carbonyl (C=O) groups excluding carboxylic acids is 1. The Kier molecular flexibility index (Phi) is 12.1. The molecule has 8 nitrogen and oxygen atoms in total. The number of hydrogen-bond donors (Lipinski definition) is 2. The average molecular weight is 552 g/mol.